The van der Waals surface area contributed by atoms with Crippen LogP contribution in [0.4, 0.5) is 5.13 Å². The van der Waals surface area contributed by atoms with Crippen molar-refractivity contribution >= 4 is 45.1 Å². The molecule has 0 spiro atoms. The first-order valence-corrected chi connectivity index (χ1v) is 7.07. The Balaban J connectivity index is 0.00000162. The molecule has 0 aliphatic rings. The van der Waals surface area contributed by atoms with E-state index in [0.717, 1.165) is 36.4 Å². The fraction of sp³-hybridized carbons (Fsp3) is 0.308. The first kappa shape index (κ1) is 15.5. The quantitative estimate of drug-likeness (QED) is 0.637. The summed E-state index contributed by atoms with van der Waals surface area (Å²) in [5, 5.41) is 2.60. The zero-order valence-electron chi connectivity index (χ0n) is 9.93. The van der Waals surface area contributed by atoms with E-state index < -0.39 is 0 Å². The summed E-state index contributed by atoms with van der Waals surface area (Å²) in [6.45, 7) is 0. The summed E-state index contributed by atoms with van der Waals surface area (Å²) in [5.74, 6) is 0.746. The van der Waals surface area contributed by atoms with Crippen LogP contribution in [0, 0.1) is 0 Å². The summed E-state index contributed by atoms with van der Waals surface area (Å²) in [6, 6.07) is 8.51. The molecule has 0 amide bonds. The second kappa shape index (κ2) is 7.77. The summed E-state index contributed by atoms with van der Waals surface area (Å²) in [4.78, 5) is 4.26. The van der Waals surface area contributed by atoms with E-state index in [9.17, 15) is 0 Å². The maximum Gasteiger partial charge on any atom is 0.180 e. The van der Waals surface area contributed by atoms with Crippen molar-refractivity contribution in [2.45, 2.75) is 19.3 Å². The number of aromatic nitrogens is 1. The molecule has 1 aromatic carbocycles. The van der Waals surface area contributed by atoms with Gasteiger partial charge in [-0.15, -0.1) is 39.9 Å². The fourth-order valence-corrected chi connectivity index (χ4v) is 2.45. The first-order chi connectivity index (χ1) is 8.29. The van der Waals surface area contributed by atoms with E-state index in [1.165, 1.54) is 16.9 Å². The van der Waals surface area contributed by atoms with E-state index in [1.54, 1.807) is 0 Å². The number of rotatable bonds is 5. The van der Waals surface area contributed by atoms with Crippen LogP contribution in [0.5, 0.6) is 0 Å². The van der Waals surface area contributed by atoms with Gasteiger partial charge >= 0.3 is 0 Å². The Morgan fingerprint density at radius 2 is 1.89 bits per heavy atom. The first-order valence-electron chi connectivity index (χ1n) is 5.66. The average molecular weight is 348 g/mol. The zero-order valence-corrected chi connectivity index (χ0v) is 13.2. The van der Waals surface area contributed by atoms with E-state index in [2.05, 4.69) is 29.2 Å². The number of nitrogens with zero attached hydrogens (tertiary/aromatic N) is 1. The monoisotopic (exact) mass is 346 g/mol. The SMILES string of the molecule is Br.Nc1nc(-c2ccc(CCCCCl)cc2)cs1. The highest BCUT2D eigenvalue weighted by atomic mass is 79.9. The Kier molecular flexibility index (Phi) is 6.68. The molecule has 2 N–H and O–H groups in total. The molecule has 0 saturated heterocycles. The van der Waals surface area contributed by atoms with Crippen LogP contribution < -0.4 is 5.73 Å². The Bertz CT molecular complexity index is 470. The van der Waals surface area contributed by atoms with E-state index in [1.807, 2.05) is 5.38 Å². The van der Waals surface area contributed by atoms with Crippen molar-refractivity contribution in [3.63, 3.8) is 0 Å². The van der Waals surface area contributed by atoms with Crippen LogP contribution in [-0.2, 0) is 6.42 Å². The summed E-state index contributed by atoms with van der Waals surface area (Å²) < 4.78 is 0. The lowest BCUT2D eigenvalue weighted by Crippen LogP contribution is -1.87. The molecule has 0 aliphatic carbocycles. The predicted octanol–water partition coefficient (Wildman–Crippen LogP) is 4.53. The van der Waals surface area contributed by atoms with Gasteiger partial charge < -0.3 is 5.73 Å². The number of halogens is 2. The highest BCUT2D eigenvalue weighted by Crippen LogP contribution is 2.23. The smallest absolute Gasteiger partial charge is 0.180 e. The number of unbranched alkanes of at least 4 members (excludes halogenated alkanes) is 1. The summed E-state index contributed by atoms with van der Waals surface area (Å²) in [6.07, 6.45) is 3.31. The van der Waals surface area contributed by atoms with Crippen LogP contribution in [-0.4, -0.2) is 10.9 Å². The molecule has 98 valence electrons. The molecule has 0 fully saturated rings. The number of nitrogens with two attached hydrogens (primary N) is 1. The van der Waals surface area contributed by atoms with Gasteiger partial charge in [-0.2, -0.15) is 0 Å². The van der Waals surface area contributed by atoms with Crippen molar-refractivity contribution < 1.29 is 0 Å². The normalized spacial score (nSPS) is 10.1. The number of hydrogen-bond donors (Lipinski definition) is 1. The standard InChI is InChI=1S/C13H15ClN2S.BrH/c14-8-2-1-3-10-4-6-11(7-5-10)12-9-17-13(15)16-12;/h4-7,9H,1-3,8H2,(H2,15,16);1H. The predicted molar refractivity (Wildman–Crippen MR) is 85.9 cm³/mol. The second-order valence-electron chi connectivity index (χ2n) is 3.91. The summed E-state index contributed by atoms with van der Waals surface area (Å²) in [5.41, 5.74) is 9.05. The highest BCUT2D eigenvalue weighted by Gasteiger charge is 2.02. The summed E-state index contributed by atoms with van der Waals surface area (Å²) >= 11 is 7.13. The molecule has 5 heteroatoms. The average Bonchev–Trinajstić information content (AvgIpc) is 2.77. The van der Waals surface area contributed by atoms with Crippen molar-refractivity contribution in [1.82, 2.24) is 4.98 Å². The van der Waals surface area contributed by atoms with E-state index in [4.69, 9.17) is 17.3 Å². The molecule has 0 radical (unpaired) electrons. The molecule has 1 heterocycles. The second-order valence-corrected chi connectivity index (χ2v) is 5.18. The van der Waals surface area contributed by atoms with Gasteiger partial charge in [0, 0.05) is 16.8 Å². The van der Waals surface area contributed by atoms with Crippen LogP contribution >= 0.6 is 39.9 Å². The van der Waals surface area contributed by atoms with E-state index in [0.29, 0.717) is 5.13 Å². The molecule has 1 aromatic heterocycles. The molecule has 0 unspecified atom stereocenters. The minimum absolute atomic E-state index is 0. The molecule has 18 heavy (non-hydrogen) atoms. The molecule has 2 aromatic rings. The number of anilines is 1. The largest absolute Gasteiger partial charge is 0.375 e. The van der Waals surface area contributed by atoms with Gasteiger partial charge in [0.1, 0.15) is 0 Å². The van der Waals surface area contributed by atoms with Gasteiger partial charge in [0.05, 0.1) is 5.69 Å². The van der Waals surface area contributed by atoms with Crippen molar-refractivity contribution in [2.24, 2.45) is 0 Å². The van der Waals surface area contributed by atoms with Crippen molar-refractivity contribution in [2.75, 3.05) is 11.6 Å². The van der Waals surface area contributed by atoms with Gasteiger partial charge in [0.2, 0.25) is 0 Å². The van der Waals surface area contributed by atoms with E-state index >= 15 is 0 Å². The van der Waals surface area contributed by atoms with Crippen molar-refractivity contribution in [3.8, 4) is 11.3 Å². The van der Waals surface area contributed by atoms with Gasteiger partial charge in [-0.3, -0.25) is 0 Å². The molecular formula is C13H16BrClN2S. The molecule has 0 aliphatic heterocycles. The zero-order chi connectivity index (χ0) is 12.1. The van der Waals surface area contributed by atoms with Crippen molar-refractivity contribution in [3.05, 3.63) is 35.2 Å². The number of nitrogen functional groups attached to an aromatic ring is 1. The lowest BCUT2D eigenvalue weighted by Gasteiger charge is -2.01. The number of alkyl halides is 1. The van der Waals surface area contributed by atoms with Crippen LogP contribution in [0.3, 0.4) is 0 Å². The Labute approximate surface area is 127 Å². The lowest BCUT2D eigenvalue weighted by atomic mass is 10.1. The molecule has 2 nitrogen and oxygen atoms in total. The Hall–Kier alpha value is -0.580. The van der Waals surface area contributed by atoms with Gasteiger partial charge in [0.25, 0.3) is 0 Å². The van der Waals surface area contributed by atoms with Gasteiger partial charge in [-0.1, -0.05) is 24.3 Å². The van der Waals surface area contributed by atoms with Crippen molar-refractivity contribution in [1.29, 1.82) is 0 Å². The van der Waals surface area contributed by atoms with Crippen LogP contribution in [0.25, 0.3) is 11.3 Å². The minimum Gasteiger partial charge on any atom is -0.375 e. The number of aryl methyl sites for hydroxylation is 1. The molecule has 0 atom stereocenters. The maximum absolute atomic E-state index is 5.66. The molecule has 0 bridgehead atoms. The molecule has 2 rings (SSSR count). The number of benzene rings is 1. The number of hydrogen-bond acceptors (Lipinski definition) is 3. The minimum atomic E-state index is 0. The van der Waals surface area contributed by atoms with Crippen LogP contribution in [0.1, 0.15) is 18.4 Å². The van der Waals surface area contributed by atoms with Gasteiger partial charge in [-0.25, -0.2) is 4.98 Å². The topological polar surface area (TPSA) is 38.9 Å². The molecular weight excluding hydrogens is 332 g/mol. The van der Waals surface area contributed by atoms with Crippen LogP contribution in [0.2, 0.25) is 0 Å². The highest BCUT2D eigenvalue weighted by molar-refractivity contribution is 8.93. The summed E-state index contributed by atoms with van der Waals surface area (Å²) in [7, 11) is 0. The third kappa shape index (κ3) is 4.26. The van der Waals surface area contributed by atoms with Crippen LogP contribution in [0.15, 0.2) is 29.6 Å². The van der Waals surface area contributed by atoms with Gasteiger partial charge in [-0.05, 0) is 24.8 Å². The third-order valence-corrected chi connectivity index (χ3v) is 3.56. The third-order valence-electron chi connectivity index (χ3n) is 2.62. The van der Waals surface area contributed by atoms with E-state index in [-0.39, 0.29) is 17.0 Å². The number of thiazole rings is 1. The Morgan fingerprint density at radius 1 is 1.17 bits per heavy atom. The fourth-order valence-electron chi connectivity index (χ4n) is 1.69. The lowest BCUT2D eigenvalue weighted by molar-refractivity contribution is 0.800. The molecule has 0 saturated carbocycles. The Morgan fingerprint density at radius 3 is 2.44 bits per heavy atom. The van der Waals surface area contributed by atoms with Gasteiger partial charge in [0.15, 0.2) is 5.13 Å². The maximum atomic E-state index is 5.66.